The molecule has 0 aromatic carbocycles. The fraction of sp³-hybridized carbons (Fsp3) is 0.462. The second-order valence-electron chi connectivity index (χ2n) is 4.12. The average Bonchev–Trinajstić information content (AvgIpc) is 2.16. The van der Waals surface area contributed by atoms with Crippen LogP contribution in [0.1, 0.15) is 30.2 Å². The highest BCUT2D eigenvalue weighted by molar-refractivity contribution is 5.35. The predicted molar refractivity (Wildman–Crippen MR) is 66.5 cm³/mol. The molecule has 3 heteroatoms. The fourth-order valence-corrected chi connectivity index (χ4v) is 1.52. The Bertz CT molecular complexity index is 386. The Morgan fingerprint density at radius 3 is 2.75 bits per heavy atom. The zero-order valence-electron chi connectivity index (χ0n) is 10.3. The molecule has 0 spiro atoms. The van der Waals surface area contributed by atoms with Crippen LogP contribution in [0.3, 0.4) is 0 Å². The van der Waals surface area contributed by atoms with Crippen molar-refractivity contribution in [3.05, 3.63) is 35.0 Å². The number of aromatic nitrogens is 1. The molecule has 0 atom stereocenters. The molecule has 0 radical (unpaired) electrons. The van der Waals surface area contributed by atoms with Gasteiger partial charge < -0.3 is 10.5 Å². The monoisotopic (exact) mass is 220 g/mol. The van der Waals surface area contributed by atoms with Gasteiger partial charge in [0.25, 0.3) is 0 Å². The van der Waals surface area contributed by atoms with Gasteiger partial charge in [-0.25, -0.2) is 4.98 Å². The number of nitrogens with zero attached hydrogens (tertiary/aromatic N) is 1. The lowest BCUT2D eigenvalue weighted by atomic mass is 10.1. The van der Waals surface area contributed by atoms with Crippen LogP contribution in [-0.4, -0.2) is 11.6 Å². The molecule has 0 unspecified atom stereocenters. The minimum atomic E-state index is 0.460. The van der Waals surface area contributed by atoms with Gasteiger partial charge in [-0.2, -0.15) is 0 Å². The molecule has 1 aromatic rings. The van der Waals surface area contributed by atoms with Crippen LogP contribution in [-0.2, 0) is 6.54 Å². The van der Waals surface area contributed by atoms with Gasteiger partial charge in [-0.3, -0.25) is 0 Å². The molecule has 0 aliphatic rings. The molecular formula is C13H20N2O. The summed E-state index contributed by atoms with van der Waals surface area (Å²) in [6.45, 7) is 10.9. The molecular weight excluding hydrogens is 200 g/mol. The van der Waals surface area contributed by atoms with E-state index in [1.165, 1.54) is 0 Å². The molecule has 2 N–H and O–H groups in total. The topological polar surface area (TPSA) is 48.1 Å². The Balaban J connectivity index is 2.81. The third-order valence-corrected chi connectivity index (χ3v) is 2.41. The standard InChI is InChI=1S/C13H20N2O/c1-9(2)5-6-16-13-12(8-14)10(3)7-11(4)15-13/h7H,1,5-6,8,14H2,2-4H3. The molecule has 1 aromatic heterocycles. The van der Waals surface area contributed by atoms with Crippen molar-refractivity contribution in [2.24, 2.45) is 5.73 Å². The number of ether oxygens (including phenoxy) is 1. The zero-order chi connectivity index (χ0) is 12.1. The molecule has 0 aliphatic carbocycles. The molecule has 0 aliphatic heterocycles. The Kier molecular flexibility index (Phi) is 4.50. The van der Waals surface area contributed by atoms with Crippen LogP contribution in [0.25, 0.3) is 0 Å². The molecule has 1 rings (SSSR count). The highest BCUT2D eigenvalue weighted by Crippen LogP contribution is 2.20. The number of aryl methyl sites for hydroxylation is 2. The van der Waals surface area contributed by atoms with Gasteiger partial charge >= 0.3 is 0 Å². The van der Waals surface area contributed by atoms with Crippen LogP contribution in [0.15, 0.2) is 18.2 Å². The summed E-state index contributed by atoms with van der Waals surface area (Å²) >= 11 is 0. The molecule has 0 amide bonds. The molecule has 1 heterocycles. The van der Waals surface area contributed by atoms with E-state index in [1.54, 1.807) is 0 Å². The number of hydrogen-bond acceptors (Lipinski definition) is 3. The first kappa shape index (κ1) is 12.7. The quantitative estimate of drug-likeness (QED) is 0.776. The first-order valence-electron chi connectivity index (χ1n) is 5.49. The first-order valence-corrected chi connectivity index (χ1v) is 5.49. The maximum atomic E-state index is 5.70. The van der Waals surface area contributed by atoms with Crippen molar-refractivity contribution in [1.82, 2.24) is 4.98 Å². The third kappa shape index (κ3) is 3.35. The molecule has 0 saturated carbocycles. The SMILES string of the molecule is C=C(C)CCOc1nc(C)cc(C)c1CN. The van der Waals surface area contributed by atoms with Crippen LogP contribution in [0, 0.1) is 13.8 Å². The number of hydrogen-bond donors (Lipinski definition) is 1. The maximum absolute atomic E-state index is 5.70. The van der Waals surface area contributed by atoms with Crippen molar-refractivity contribution >= 4 is 0 Å². The lowest BCUT2D eigenvalue weighted by molar-refractivity contribution is 0.305. The van der Waals surface area contributed by atoms with Crippen molar-refractivity contribution in [2.45, 2.75) is 33.7 Å². The van der Waals surface area contributed by atoms with Gasteiger partial charge in [0.15, 0.2) is 0 Å². The van der Waals surface area contributed by atoms with Crippen LogP contribution in [0.4, 0.5) is 0 Å². The largest absolute Gasteiger partial charge is 0.477 e. The highest BCUT2D eigenvalue weighted by Gasteiger charge is 2.08. The Labute approximate surface area is 97.3 Å². The minimum Gasteiger partial charge on any atom is -0.477 e. The Morgan fingerprint density at radius 1 is 1.50 bits per heavy atom. The first-order chi connectivity index (χ1) is 7.54. The van der Waals surface area contributed by atoms with Gasteiger partial charge in [-0.15, -0.1) is 6.58 Å². The van der Waals surface area contributed by atoms with E-state index in [9.17, 15) is 0 Å². The second-order valence-corrected chi connectivity index (χ2v) is 4.12. The Morgan fingerprint density at radius 2 is 2.19 bits per heavy atom. The van der Waals surface area contributed by atoms with E-state index >= 15 is 0 Å². The second kappa shape index (κ2) is 5.66. The highest BCUT2D eigenvalue weighted by atomic mass is 16.5. The average molecular weight is 220 g/mol. The third-order valence-electron chi connectivity index (χ3n) is 2.41. The summed E-state index contributed by atoms with van der Waals surface area (Å²) in [6, 6.07) is 2.02. The van der Waals surface area contributed by atoms with Crippen molar-refractivity contribution < 1.29 is 4.74 Å². The summed E-state index contributed by atoms with van der Waals surface area (Å²) < 4.78 is 5.65. The van der Waals surface area contributed by atoms with E-state index < -0.39 is 0 Å². The van der Waals surface area contributed by atoms with Crippen LogP contribution in [0.2, 0.25) is 0 Å². The van der Waals surface area contributed by atoms with Gasteiger partial charge in [0.2, 0.25) is 5.88 Å². The van der Waals surface area contributed by atoms with Crippen molar-refractivity contribution in [3.63, 3.8) is 0 Å². The van der Waals surface area contributed by atoms with Gasteiger partial charge in [0, 0.05) is 24.2 Å². The van der Waals surface area contributed by atoms with E-state index in [2.05, 4.69) is 11.6 Å². The summed E-state index contributed by atoms with van der Waals surface area (Å²) in [6.07, 6.45) is 0.846. The summed E-state index contributed by atoms with van der Waals surface area (Å²) in [4.78, 5) is 4.37. The summed E-state index contributed by atoms with van der Waals surface area (Å²) in [5, 5.41) is 0. The van der Waals surface area contributed by atoms with E-state index in [0.717, 1.165) is 28.8 Å². The molecule has 88 valence electrons. The van der Waals surface area contributed by atoms with Crippen LogP contribution in [0.5, 0.6) is 5.88 Å². The van der Waals surface area contributed by atoms with E-state index in [1.807, 2.05) is 26.8 Å². The number of nitrogens with two attached hydrogens (primary N) is 1. The summed E-state index contributed by atoms with van der Waals surface area (Å²) in [5.41, 5.74) is 9.90. The van der Waals surface area contributed by atoms with Gasteiger partial charge in [-0.1, -0.05) is 5.57 Å². The summed E-state index contributed by atoms with van der Waals surface area (Å²) in [7, 11) is 0. The molecule has 0 fully saturated rings. The van der Waals surface area contributed by atoms with Crippen molar-refractivity contribution in [2.75, 3.05) is 6.61 Å². The van der Waals surface area contributed by atoms with Crippen molar-refractivity contribution in [1.29, 1.82) is 0 Å². The predicted octanol–water partition coefficient (Wildman–Crippen LogP) is 2.50. The summed E-state index contributed by atoms with van der Waals surface area (Å²) in [5.74, 6) is 0.668. The van der Waals surface area contributed by atoms with Gasteiger partial charge in [0.1, 0.15) is 0 Å². The number of rotatable bonds is 5. The number of pyridine rings is 1. The lowest BCUT2D eigenvalue weighted by Crippen LogP contribution is -2.08. The van der Waals surface area contributed by atoms with E-state index in [4.69, 9.17) is 10.5 Å². The van der Waals surface area contributed by atoms with E-state index in [0.29, 0.717) is 19.0 Å². The molecule has 3 nitrogen and oxygen atoms in total. The fourth-order valence-electron chi connectivity index (χ4n) is 1.52. The van der Waals surface area contributed by atoms with Gasteiger partial charge in [-0.05, 0) is 32.4 Å². The smallest absolute Gasteiger partial charge is 0.218 e. The lowest BCUT2D eigenvalue weighted by Gasteiger charge is -2.12. The normalized spacial score (nSPS) is 10.2. The van der Waals surface area contributed by atoms with Crippen LogP contribution >= 0.6 is 0 Å². The van der Waals surface area contributed by atoms with E-state index in [-0.39, 0.29) is 0 Å². The van der Waals surface area contributed by atoms with Gasteiger partial charge in [0.05, 0.1) is 6.61 Å². The molecule has 0 saturated heterocycles. The molecule has 0 bridgehead atoms. The zero-order valence-corrected chi connectivity index (χ0v) is 10.3. The Hall–Kier alpha value is -1.35. The maximum Gasteiger partial charge on any atom is 0.218 e. The minimum absolute atomic E-state index is 0.460. The van der Waals surface area contributed by atoms with Crippen molar-refractivity contribution in [3.8, 4) is 5.88 Å². The molecule has 16 heavy (non-hydrogen) atoms. The van der Waals surface area contributed by atoms with Crippen LogP contribution < -0.4 is 10.5 Å².